The smallest absolute Gasteiger partial charge is 0.279 e. The third-order valence-corrected chi connectivity index (χ3v) is 5.51. The maximum atomic E-state index is 12.2. The largest absolute Gasteiger partial charge is 0.314 e. The number of hydrogen-bond acceptors (Lipinski definition) is 3. The van der Waals surface area contributed by atoms with Crippen LogP contribution in [-0.2, 0) is 10.2 Å². The Morgan fingerprint density at radius 3 is 2.11 bits per heavy atom. The van der Waals surface area contributed by atoms with Crippen LogP contribution >= 0.6 is 0 Å². The SMILES string of the molecule is O=S(=O)(NC1CCCCCCC1)N1CCNCC1. The van der Waals surface area contributed by atoms with Gasteiger partial charge in [0.1, 0.15) is 0 Å². The Morgan fingerprint density at radius 1 is 0.944 bits per heavy atom. The highest BCUT2D eigenvalue weighted by Gasteiger charge is 2.26. The van der Waals surface area contributed by atoms with Crippen molar-refractivity contribution in [3.8, 4) is 0 Å². The van der Waals surface area contributed by atoms with Gasteiger partial charge in [0.05, 0.1) is 0 Å². The Kier molecular flexibility index (Phi) is 5.41. The first kappa shape index (κ1) is 14.2. The summed E-state index contributed by atoms with van der Waals surface area (Å²) >= 11 is 0. The molecule has 0 spiro atoms. The first-order chi connectivity index (χ1) is 8.68. The molecule has 1 aliphatic carbocycles. The molecule has 18 heavy (non-hydrogen) atoms. The van der Waals surface area contributed by atoms with Gasteiger partial charge < -0.3 is 5.32 Å². The number of hydrogen-bond donors (Lipinski definition) is 2. The van der Waals surface area contributed by atoms with Gasteiger partial charge in [-0.05, 0) is 12.8 Å². The van der Waals surface area contributed by atoms with E-state index in [2.05, 4.69) is 10.0 Å². The number of piperazine rings is 1. The van der Waals surface area contributed by atoms with Crippen molar-refractivity contribution in [2.24, 2.45) is 0 Å². The van der Waals surface area contributed by atoms with Gasteiger partial charge in [0, 0.05) is 32.2 Å². The van der Waals surface area contributed by atoms with Crippen molar-refractivity contribution < 1.29 is 8.42 Å². The van der Waals surface area contributed by atoms with Crippen LogP contribution in [0, 0.1) is 0 Å². The predicted molar refractivity (Wildman–Crippen MR) is 72.6 cm³/mol. The van der Waals surface area contributed by atoms with Crippen LogP contribution in [0.2, 0.25) is 0 Å². The molecule has 6 heteroatoms. The molecular formula is C12H25N3O2S. The Hall–Kier alpha value is -0.170. The van der Waals surface area contributed by atoms with E-state index in [1.165, 1.54) is 19.3 Å². The zero-order valence-electron chi connectivity index (χ0n) is 11.0. The summed E-state index contributed by atoms with van der Waals surface area (Å²) in [5, 5.41) is 3.17. The molecule has 1 heterocycles. The number of nitrogens with zero attached hydrogens (tertiary/aromatic N) is 1. The fraction of sp³-hybridized carbons (Fsp3) is 1.00. The van der Waals surface area contributed by atoms with E-state index in [4.69, 9.17) is 0 Å². The van der Waals surface area contributed by atoms with Crippen molar-refractivity contribution >= 4 is 10.2 Å². The summed E-state index contributed by atoms with van der Waals surface area (Å²) in [5.74, 6) is 0. The molecule has 5 nitrogen and oxygen atoms in total. The lowest BCUT2D eigenvalue weighted by Crippen LogP contribution is -2.52. The molecular weight excluding hydrogens is 250 g/mol. The van der Waals surface area contributed by atoms with Gasteiger partial charge in [-0.25, -0.2) is 0 Å². The first-order valence-electron chi connectivity index (χ1n) is 7.16. The minimum Gasteiger partial charge on any atom is -0.314 e. The average molecular weight is 275 g/mol. The molecule has 1 saturated carbocycles. The molecule has 0 aromatic heterocycles. The van der Waals surface area contributed by atoms with Crippen LogP contribution in [-0.4, -0.2) is 44.9 Å². The highest BCUT2D eigenvalue weighted by Crippen LogP contribution is 2.18. The van der Waals surface area contributed by atoms with E-state index < -0.39 is 10.2 Å². The minimum atomic E-state index is -3.27. The van der Waals surface area contributed by atoms with E-state index in [1.807, 2.05) is 0 Å². The summed E-state index contributed by atoms with van der Waals surface area (Å²) in [5.41, 5.74) is 0. The van der Waals surface area contributed by atoms with Gasteiger partial charge in [0.15, 0.2) is 0 Å². The van der Waals surface area contributed by atoms with E-state index in [0.717, 1.165) is 38.8 Å². The van der Waals surface area contributed by atoms with Crippen molar-refractivity contribution in [2.75, 3.05) is 26.2 Å². The predicted octanol–water partition coefficient (Wildman–Crippen LogP) is 0.839. The van der Waals surface area contributed by atoms with Crippen LogP contribution < -0.4 is 10.0 Å². The monoisotopic (exact) mass is 275 g/mol. The normalized spacial score (nSPS) is 25.6. The summed E-state index contributed by atoms with van der Waals surface area (Å²) in [4.78, 5) is 0. The second kappa shape index (κ2) is 6.84. The van der Waals surface area contributed by atoms with Crippen molar-refractivity contribution in [1.82, 2.24) is 14.3 Å². The van der Waals surface area contributed by atoms with Gasteiger partial charge in [0.25, 0.3) is 10.2 Å². The third kappa shape index (κ3) is 4.19. The minimum absolute atomic E-state index is 0.144. The highest BCUT2D eigenvalue weighted by atomic mass is 32.2. The maximum absolute atomic E-state index is 12.2. The standard InChI is InChI=1S/C12H25N3O2S/c16-18(17,15-10-8-13-9-11-15)14-12-6-4-2-1-3-5-7-12/h12-14H,1-11H2. The van der Waals surface area contributed by atoms with Crippen molar-refractivity contribution in [1.29, 1.82) is 0 Å². The lowest BCUT2D eigenvalue weighted by molar-refractivity contribution is 0.344. The van der Waals surface area contributed by atoms with Gasteiger partial charge in [-0.3, -0.25) is 0 Å². The van der Waals surface area contributed by atoms with E-state index in [1.54, 1.807) is 4.31 Å². The van der Waals surface area contributed by atoms with Crippen molar-refractivity contribution in [3.63, 3.8) is 0 Å². The fourth-order valence-corrected chi connectivity index (χ4v) is 4.21. The summed E-state index contributed by atoms with van der Waals surface area (Å²) < 4.78 is 29.0. The van der Waals surface area contributed by atoms with Crippen molar-refractivity contribution in [2.45, 2.75) is 51.0 Å². The second-order valence-corrected chi connectivity index (χ2v) is 7.02. The van der Waals surface area contributed by atoms with Crippen LogP contribution in [0.3, 0.4) is 0 Å². The Bertz CT molecular complexity index is 331. The summed E-state index contributed by atoms with van der Waals surface area (Å²) in [6, 6.07) is 0.144. The molecule has 0 unspecified atom stereocenters. The molecule has 1 saturated heterocycles. The molecule has 0 aromatic carbocycles. The zero-order valence-corrected chi connectivity index (χ0v) is 11.8. The Morgan fingerprint density at radius 2 is 1.50 bits per heavy atom. The van der Waals surface area contributed by atoms with E-state index in [0.29, 0.717) is 13.1 Å². The summed E-state index contributed by atoms with van der Waals surface area (Å²) in [7, 11) is -3.27. The second-order valence-electron chi connectivity index (χ2n) is 5.31. The van der Waals surface area contributed by atoms with Gasteiger partial charge in [-0.1, -0.05) is 32.1 Å². The first-order valence-corrected chi connectivity index (χ1v) is 8.60. The molecule has 0 amide bonds. The molecule has 2 rings (SSSR count). The number of nitrogens with one attached hydrogen (secondary N) is 2. The van der Waals surface area contributed by atoms with Gasteiger partial charge in [-0.15, -0.1) is 0 Å². The lowest BCUT2D eigenvalue weighted by atomic mass is 9.97. The summed E-state index contributed by atoms with van der Waals surface area (Å²) in [6.07, 6.45) is 8.06. The lowest BCUT2D eigenvalue weighted by Gasteiger charge is -2.29. The molecule has 0 aromatic rings. The van der Waals surface area contributed by atoms with Crippen LogP contribution in [0.15, 0.2) is 0 Å². The Labute approximate surface area is 110 Å². The zero-order chi connectivity index (χ0) is 12.8. The van der Waals surface area contributed by atoms with E-state index >= 15 is 0 Å². The topological polar surface area (TPSA) is 61.4 Å². The van der Waals surface area contributed by atoms with Crippen LogP contribution in [0.4, 0.5) is 0 Å². The molecule has 2 aliphatic rings. The van der Waals surface area contributed by atoms with Crippen LogP contribution in [0.1, 0.15) is 44.9 Å². The van der Waals surface area contributed by atoms with Crippen molar-refractivity contribution in [3.05, 3.63) is 0 Å². The van der Waals surface area contributed by atoms with Crippen LogP contribution in [0.25, 0.3) is 0 Å². The van der Waals surface area contributed by atoms with Crippen LogP contribution in [0.5, 0.6) is 0 Å². The van der Waals surface area contributed by atoms with Gasteiger partial charge in [-0.2, -0.15) is 17.4 Å². The molecule has 0 radical (unpaired) electrons. The third-order valence-electron chi connectivity index (χ3n) is 3.84. The Balaban J connectivity index is 1.88. The molecule has 0 bridgehead atoms. The van der Waals surface area contributed by atoms with Gasteiger partial charge >= 0.3 is 0 Å². The quantitative estimate of drug-likeness (QED) is 0.802. The number of rotatable bonds is 3. The average Bonchev–Trinajstić information content (AvgIpc) is 2.34. The molecule has 106 valence electrons. The molecule has 2 fully saturated rings. The molecule has 0 atom stereocenters. The highest BCUT2D eigenvalue weighted by molar-refractivity contribution is 7.87. The van der Waals surface area contributed by atoms with E-state index in [-0.39, 0.29) is 6.04 Å². The summed E-state index contributed by atoms with van der Waals surface area (Å²) in [6.45, 7) is 2.68. The van der Waals surface area contributed by atoms with Gasteiger partial charge in [0.2, 0.25) is 0 Å². The molecule has 2 N–H and O–H groups in total. The van der Waals surface area contributed by atoms with E-state index in [9.17, 15) is 8.42 Å². The molecule has 1 aliphatic heterocycles. The maximum Gasteiger partial charge on any atom is 0.279 e. The fourth-order valence-electron chi connectivity index (χ4n) is 2.74.